The van der Waals surface area contributed by atoms with E-state index >= 15 is 0 Å². The summed E-state index contributed by atoms with van der Waals surface area (Å²) in [4.78, 5) is 2.18. The van der Waals surface area contributed by atoms with Crippen LogP contribution in [0.3, 0.4) is 0 Å². The van der Waals surface area contributed by atoms with Gasteiger partial charge in [0.25, 0.3) is 0 Å². The largest absolute Gasteiger partial charge is 0.496 e. The minimum absolute atomic E-state index is 0.698. The van der Waals surface area contributed by atoms with Gasteiger partial charge in [-0.25, -0.2) is 0 Å². The average molecular weight is 415 g/mol. The molecule has 0 unspecified atom stereocenters. The number of methoxy groups -OCH3 is 3. The smallest absolute Gasteiger partial charge is 0.175 e. The molecule has 0 saturated carbocycles. The Hall–Kier alpha value is -1.43. The fourth-order valence-corrected chi connectivity index (χ4v) is 3.37. The van der Waals surface area contributed by atoms with Gasteiger partial charge in [-0.3, -0.25) is 4.90 Å². The highest BCUT2D eigenvalue weighted by Gasteiger charge is 2.15. The second-order valence-electron chi connectivity index (χ2n) is 5.40. The van der Waals surface area contributed by atoms with Crippen LogP contribution in [0.1, 0.15) is 11.1 Å². The normalized spacial score (nSPS) is 10.8. The SMILES string of the molecule is COc1ccc(Cl)cc1CN(C)Cc1ccc(OC)c(OC)c1Br. The topological polar surface area (TPSA) is 30.9 Å². The van der Waals surface area contributed by atoms with Gasteiger partial charge in [0.1, 0.15) is 5.75 Å². The summed E-state index contributed by atoms with van der Waals surface area (Å²) in [5.41, 5.74) is 2.15. The number of ether oxygens (including phenoxy) is 3. The van der Waals surface area contributed by atoms with Gasteiger partial charge in [0.2, 0.25) is 0 Å². The van der Waals surface area contributed by atoms with Crippen LogP contribution in [0.4, 0.5) is 0 Å². The van der Waals surface area contributed by atoms with E-state index in [-0.39, 0.29) is 0 Å². The van der Waals surface area contributed by atoms with Gasteiger partial charge in [0.15, 0.2) is 11.5 Å². The van der Waals surface area contributed by atoms with Crippen molar-refractivity contribution in [2.75, 3.05) is 28.4 Å². The second-order valence-corrected chi connectivity index (χ2v) is 6.63. The molecule has 0 aliphatic carbocycles. The van der Waals surface area contributed by atoms with Gasteiger partial charge in [-0.2, -0.15) is 0 Å². The van der Waals surface area contributed by atoms with Crippen molar-refractivity contribution in [1.29, 1.82) is 0 Å². The Morgan fingerprint density at radius 3 is 2.17 bits per heavy atom. The first-order valence-electron chi connectivity index (χ1n) is 7.40. The summed E-state index contributed by atoms with van der Waals surface area (Å²) in [6.45, 7) is 1.45. The highest BCUT2D eigenvalue weighted by molar-refractivity contribution is 9.10. The van der Waals surface area contributed by atoms with Gasteiger partial charge in [-0.15, -0.1) is 0 Å². The number of hydrogen-bond donors (Lipinski definition) is 0. The number of nitrogens with zero attached hydrogens (tertiary/aromatic N) is 1. The van der Waals surface area contributed by atoms with Gasteiger partial charge >= 0.3 is 0 Å². The predicted molar refractivity (Wildman–Crippen MR) is 100 cm³/mol. The van der Waals surface area contributed by atoms with E-state index in [4.69, 9.17) is 25.8 Å². The van der Waals surface area contributed by atoms with E-state index in [1.807, 2.05) is 37.4 Å². The van der Waals surface area contributed by atoms with Gasteiger partial charge in [0, 0.05) is 23.7 Å². The zero-order valence-corrected chi connectivity index (χ0v) is 16.6. The molecular weight excluding hydrogens is 394 g/mol. The van der Waals surface area contributed by atoms with Crippen molar-refractivity contribution in [3.8, 4) is 17.2 Å². The lowest BCUT2D eigenvalue weighted by molar-refractivity contribution is 0.307. The summed E-state index contributed by atoms with van der Waals surface area (Å²) in [5, 5.41) is 0.700. The Bertz CT molecular complexity index is 709. The summed E-state index contributed by atoms with van der Waals surface area (Å²) >= 11 is 9.71. The Balaban J connectivity index is 2.19. The minimum Gasteiger partial charge on any atom is -0.496 e. The molecule has 0 aliphatic rings. The van der Waals surface area contributed by atoms with Crippen LogP contribution in [-0.2, 0) is 13.1 Å². The maximum Gasteiger partial charge on any atom is 0.175 e. The molecule has 6 heteroatoms. The zero-order valence-electron chi connectivity index (χ0n) is 14.2. The number of benzene rings is 2. The summed E-state index contributed by atoms with van der Waals surface area (Å²) in [6, 6.07) is 9.58. The number of rotatable bonds is 7. The van der Waals surface area contributed by atoms with E-state index in [1.54, 1.807) is 21.3 Å². The molecule has 0 aromatic heterocycles. The highest BCUT2D eigenvalue weighted by Crippen LogP contribution is 2.38. The van der Waals surface area contributed by atoms with Crippen LogP contribution in [0.2, 0.25) is 5.02 Å². The third-order valence-corrected chi connectivity index (χ3v) is 4.79. The molecule has 0 bridgehead atoms. The second kappa shape index (κ2) is 8.60. The molecule has 0 heterocycles. The standard InChI is InChI=1S/C18H21BrClNO3/c1-21(11-13-9-14(20)6-8-15(13)22-2)10-12-5-7-16(23-3)18(24-4)17(12)19/h5-9H,10-11H2,1-4H3. The van der Waals surface area contributed by atoms with Crippen LogP contribution >= 0.6 is 27.5 Å². The van der Waals surface area contributed by atoms with Crippen molar-refractivity contribution in [2.45, 2.75) is 13.1 Å². The molecule has 0 fully saturated rings. The maximum atomic E-state index is 6.10. The summed E-state index contributed by atoms with van der Waals surface area (Å²) < 4.78 is 17.1. The van der Waals surface area contributed by atoms with Gasteiger partial charge < -0.3 is 14.2 Å². The molecule has 0 atom stereocenters. The van der Waals surface area contributed by atoms with Crippen molar-refractivity contribution in [1.82, 2.24) is 4.90 Å². The van der Waals surface area contributed by atoms with Crippen LogP contribution in [0.15, 0.2) is 34.8 Å². The van der Waals surface area contributed by atoms with Crippen molar-refractivity contribution in [2.24, 2.45) is 0 Å². The third kappa shape index (κ3) is 4.35. The summed E-state index contributed by atoms with van der Waals surface area (Å²) in [5.74, 6) is 2.23. The third-order valence-electron chi connectivity index (χ3n) is 3.69. The molecule has 0 amide bonds. The molecule has 24 heavy (non-hydrogen) atoms. The average Bonchev–Trinajstić information content (AvgIpc) is 2.56. The molecule has 2 aromatic rings. The van der Waals surface area contributed by atoms with Crippen LogP contribution in [0, 0.1) is 0 Å². The van der Waals surface area contributed by atoms with Crippen LogP contribution in [0.5, 0.6) is 17.2 Å². The van der Waals surface area contributed by atoms with Gasteiger partial charge in [0.05, 0.1) is 25.8 Å². The molecule has 0 aliphatic heterocycles. The monoisotopic (exact) mass is 413 g/mol. The van der Waals surface area contributed by atoms with Crippen molar-refractivity contribution in [3.05, 3.63) is 51.0 Å². The lowest BCUT2D eigenvalue weighted by Crippen LogP contribution is -2.18. The minimum atomic E-state index is 0.698. The fourth-order valence-electron chi connectivity index (χ4n) is 2.56. The molecule has 0 spiro atoms. The first-order valence-corrected chi connectivity index (χ1v) is 8.57. The molecule has 0 saturated heterocycles. The Kier molecular flexibility index (Phi) is 6.78. The molecule has 130 valence electrons. The van der Waals surface area contributed by atoms with Gasteiger partial charge in [-0.1, -0.05) is 17.7 Å². The van der Waals surface area contributed by atoms with E-state index in [0.29, 0.717) is 23.1 Å². The van der Waals surface area contributed by atoms with E-state index in [1.165, 1.54) is 0 Å². The van der Waals surface area contributed by atoms with E-state index in [2.05, 4.69) is 20.8 Å². The summed E-state index contributed by atoms with van der Waals surface area (Å²) in [7, 11) is 6.97. The molecule has 0 N–H and O–H groups in total. The highest BCUT2D eigenvalue weighted by atomic mass is 79.9. The van der Waals surface area contributed by atoms with E-state index in [0.717, 1.165) is 27.9 Å². The van der Waals surface area contributed by atoms with Crippen molar-refractivity contribution in [3.63, 3.8) is 0 Å². The van der Waals surface area contributed by atoms with E-state index < -0.39 is 0 Å². The van der Waals surface area contributed by atoms with E-state index in [9.17, 15) is 0 Å². The number of hydrogen-bond acceptors (Lipinski definition) is 4. The molecule has 4 nitrogen and oxygen atoms in total. The summed E-state index contributed by atoms with van der Waals surface area (Å²) in [6.07, 6.45) is 0. The van der Waals surface area contributed by atoms with Gasteiger partial charge in [-0.05, 0) is 52.8 Å². The molecular formula is C18H21BrClNO3. The quantitative estimate of drug-likeness (QED) is 0.653. The maximum absolute atomic E-state index is 6.10. The van der Waals surface area contributed by atoms with Crippen LogP contribution in [0.25, 0.3) is 0 Å². The molecule has 2 aromatic carbocycles. The molecule has 0 radical (unpaired) electrons. The Labute approximate surface area is 156 Å². The van der Waals surface area contributed by atoms with Crippen molar-refractivity contribution >= 4 is 27.5 Å². The Morgan fingerprint density at radius 2 is 1.54 bits per heavy atom. The number of halogens is 2. The predicted octanol–water partition coefficient (Wildman–Crippen LogP) is 4.76. The lowest BCUT2D eigenvalue weighted by atomic mass is 10.1. The van der Waals surface area contributed by atoms with Crippen molar-refractivity contribution < 1.29 is 14.2 Å². The fraction of sp³-hybridized carbons (Fsp3) is 0.333. The molecule has 2 rings (SSSR count). The first-order chi connectivity index (χ1) is 11.5. The lowest BCUT2D eigenvalue weighted by Gasteiger charge is -2.20. The first kappa shape index (κ1) is 18.9. The van der Waals surface area contributed by atoms with Crippen LogP contribution in [-0.4, -0.2) is 33.3 Å². The zero-order chi connectivity index (χ0) is 17.7. The van der Waals surface area contributed by atoms with Crippen LogP contribution < -0.4 is 14.2 Å². The Morgan fingerprint density at radius 1 is 0.917 bits per heavy atom.